The molecule has 0 saturated heterocycles. The van der Waals surface area contributed by atoms with Crippen molar-refractivity contribution in [2.75, 3.05) is 0 Å². The van der Waals surface area contributed by atoms with Crippen molar-refractivity contribution in [2.24, 2.45) is 0 Å². The molecule has 0 heterocycles. The first kappa shape index (κ1) is 19.2. The topological polar surface area (TPSA) is 72.8 Å². The van der Waals surface area contributed by atoms with Gasteiger partial charge in [-0.05, 0) is 12.8 Å². The predicted molar refractivity (Wildman–Crippen MR) is 81.1 cm³/mol. The lowest BCUT2D eigenvalue weighted by molar-refractivity contribution is -0.136. The summed E-state index contributed by atoms with van der Waals surface area (Å²) in [4.78, 5) is 22.6. The summed E-state index contributed by atoms with van der Waals surface area (Å²) in [5.41, 5.74) is -0.891. The molecule has 6 heteroatoms. The molecule has 0 fully saturated rings. The lowest BCUT2D eigenvalue weighted by atomic mass is 10.1. The summed E-state index contributed by atoms with van der Waals surface area (Å²) in [6.45, 7) is 5.46. The van der Waals surface area contributed by atoms with Gasteiger partial charge in [-0.15, -0.1) is 0 Å². The molecule has 1 N–H and O–H groups in total. The van der Waals surface area contributed by atoms with Crippen LogP contribution in [0.3, 0.4) is 0 Å². The zero-order chi connectivity index (χ0) is 15.4. The number of carbonyl (C=O) groups excluding carboxylic acids is 2. The Hall–Kier alpha value is -0.750. The second-order valence-electron chi connectivity index (χ2n) is 4.60. The summed E-state index contributed by atoms with van der Waals surface area (Å²) < 4.78 is 10.1. The Balaban J connectivity index is 4.21. The number of hydrogen-bond donors (Lipinski definition) is 2. The van der Waals surface area contributed by atoms with E-state index in [0.717, 1.165) is 25.7 Å². The van der Waals surface area contributed by atoms with Gasteiger partial charge in [-0.3, -0.25) is 9.59 Å². The third kappa shape index (κ3) is 9.20. The van der Waals surface area contributed by atoms with Crippen LogP contribution < -0.4 is 0 Å². The van der Waals surface area contributed by atoms with E-state index < -0.39 is 28.8 Å². The first-order chi connectivity index (χ1) is 9.54. The molecule has 0 aliphatic rings. The summed E-state index contributed by atoms with van der Waals surface area (Å²) >= 11 is -1.88. The number of carbonyl (C=O) groups is 2. The maximum Gasteiger partial charge on any atom is 0.328 e. The molecule has 0 aromatic rings. The molecule has 120 valence electrons. The van der Waals surface area contributed by atoms with Crippen LogP contribution in [0.15, 0.2) is 0 Å². The molecule has 0 amide bonds. The van der Waals surface area contributed by atoms with Gasteiger partial charge in [0.25, 0.3) is 0 Å². The minimum Gasteiger partial charge on any atom is -0.372 e. The zero-order valence-electron chi connectivity index (χ0n) is 12.8. The monoisotopic (exact) mass is 308 g/mol. The van der Waals surface area contributed by atoms with E-state index in [1.165, 1.54) is 6.42 Å². The Morgan fingerprint density at radius 3 is 1.90 bits per heavy atom. The Bertz CT molecular complexity index is 265. The molecule has 0 aliphatic carbocycles. The minimum absolute atomic E-state index is 0.200. The molecule has 0 spiro atoms. The van der Waals surface area contributed by atoms with Crippen molar-refractivity contribution >= 4 is 23.4 Å². The van der Waals surface area contributed by atoms with E-state index in [0.29, 0.717) is 6.42 Å². The van der Waals surface area contributed by atoms with Crippen molar-refractivity contribution in [3.05, 3.63) is 0 Å². The van der Waals surface area contributed by atoms with Gasteiger partial charge in [-0.25, -0.2) is 0 Å². The number of thiol groups is 1. The zero-order valence-corrected chi connectivity index (χ0v) is 13.7. The third-order valence-electron chi connectivity index (χ3n) is 2.77. The molecule has 0 aliphatic heterocycles. The fourth-order valence-corrected chi connectivity index (χ4v) is 2.84. The molecule has 1 unspecified atom stereocenters. The average molecular weight is 308 g/mol. The normalized spacial score (nSPS) is 12.7. The Morgan fingerprint density at radius 2 is 1.45 bits per heavy atom. The predicted octanol–water partition coefficient (Wildman–Crippen LogP) is 3.40. The van der Waals surface area contributed by atoms with Gasteiger partial charge in [-0.1, -0.05) is 57.9 Å². The van der Waals surface area contributed by atoms with Gasteiger partial charge in [0.2, 0.25) is 0 Å². The summed E-state index contributed by atoms with van der Waals surface area (Å²) in [5, 5.41) is 10.0. The SMILES string of the molecule is CCCCCCCC(O)[SH](OC(=O)CC)OC(=O)CC. The summed E-state index contributed by atoms with van der Waals surface area (Å²) in [6.07, 6.45) is 6.23. The van der Waals surface area contributed by atoms with Crippen molar-refractivity contribution in [3.63, 3.8) is 0 Å². The molecule has 1 atom stereocenters. The average Bonchev–Trinajstić information content (AvgIpc) is 2.45. The van der Waals surface area contributed by atoms with Crippen LogP contribution in [0.5, 0.6) is 0 Å². The van der Waals surface area contributed by atoms with Gasteiger partial charge in [0.05, 0.1) is 0 Å². The molecule has 0 aromatic carbocycles. The van der Waals surface area contributed by atoms with E-state index in [9.17, 15) is 14.7 Å². The van der Waals surface area contributed by atoms with Gasteiger partial charge < -0.3 is 13.5 Å². The second-order valence-corrected chi connectivity index (χ2v) is 6.13. The van der Waals surface area contributed by atoms with Crippen molar-refractivity contribution in [2.45, 2.75) is 77.6 Å². The molecule has 0 bridgehead atoms. The fourth-order valence-electron chi connectivity index (χ4n) is 1.51. The van der Waals surface area contributed by atoms with Crippen LogP contribution in [0.4, 0.5) is 0 Å². The van der Waals surface area contributed by atoms with Crippen molar-refractivity contribution < 1.29 is 23.1 Å². The van der Waals surface area contributed by atoms with Crippen LogP contribution in [0, 0.1) is 0 Å². The van der Waals surface area contributed by atoms with Gasteiger partial charge in [0.1, 0.15) is 0 Å². The highest BCUT2D eigenvalue weighted by molar-refractivity contribution is 8.09. The number of aliphatic hydroxyl groups is 1. The number of unbranched alkanes of at least 4 members (excludes halogenated alkanes) is 4. The number of hydrogen-bond acceptors (Lipinski definition) is 5. The molecule has 0 aromatic heterocycles. The van der Waals surface area contributed by atoms with Crippen LogP contribution in [0.1, 0.15) is 72.1 Å². The minimum atomic E-state index is -1.88. The molecular formula is C14H28O5S. The molecule has 5 nitrogen and oxygen atoms in total. The Kier molecular flexibility index (Phi) is 11.6. The van der Waals surface area contributed by atoms with Crippen LogP contribution in [-0.2, 0) is 18.0 Å². The highest BCUT2D eigenvalue weighted by atomic mass is 32.2. The van der Waals surface area contributed by atoms with Gasteiger partial charge in [0.15, 0.2) is 5.44 Å². The van der Waals surface area contributed by atoms with Gasteiger partial charge in [0, 0.05) is 12.8 Å². The summed E-state index contributed by atoms with van der Waals surface area (Å²) in [5.74, 6) is -0.907. The standard InChI is InChI=1S/C14H28O5S/c1-4-7-8-9-10-11-14(17)20(18-12(15)5-2)19-13(16)6-3/h14,17,20H,4-11H2,1-3H3. The smallest absolute Gasteiger partial charge is 0.328 e. The van der Waals surface area contributed by atoms with E-state index in [1.54, 1.807) is 13.8 Å². The first-order valence-corrected chi connectivity index (χ1v) is 8.68. The van der Waals surface area contributed by atoms with Crippen molar-refractivity contribution in [1.82, 2.24) is 0 Å². The van der Waals surface area contributed by atoms with E-state index in [4.69, 9.17) is 8.37 Å². The maximum absolute atomic E-state index is 11.3. The molecule has 0 saturated carbocycles. The van der Waals surface area contributed by atoms with Crippen LogP contribution in [-0.4, -0.2) is 22.5 Å². The number of rotatable bonds is 11. The van der Waals surface area contributed by atoms with Gasteiger partial charge in [-0.2, -0.15) is 0 Å². The summed E-state index contributed by atoms with van der Waals surface area (Å²) in [7, 11) is 0. The maximum atomic E-state index is 11.3. The molecule has 0 rings (SSSR count). The molecular weight excluding hydrogens is 280 g/mol. The first-order valence-electron chi connectivity index (χ1n) is 7.43. The fraction of sp³-hybridized carbons (Fsp3) is 0.857. The Labute approximate surface area is 124 Å². The lowest BCUT2D eigenvalue weighted by Gasteiger charge is -2.28. The van der Waals surface area contributed by atoms with Crippen LogP contribution >= 0.6 is 11.5 Å². The molecule has 0 radical (unpaired) electrons. The van der Waals surface area contributed by atoms with Crippen molar-refractivity contribution in [1.29, 1.82) is 0 Å². The van der Waals surface area contributed by atoms with E-state index in [-0.39, 0.29) is 12.8 Å². The highest BCUT2D eigenvalue weighted by Gasteiger charge is 2.19. The Morgan fingerprint density at radius 1 is 0.950 bits per heavy atom. The molecule has 20 heavy (non-hydrogen) atoms. The summed E-state index contributed by atoms with van der Waals surface area (Å²) in [6, 6.07) is 0. The number of aliphatic hydroxyl groups excluding tert-OH is 1. The van der Waals surface area contributed by atoms with Crippen LogP contribution in [0.25, 0.3) is 0 Å². The quantitative estimate of drug-likeness (QED) is 0.452. The van der Waals surface area contributed by atoms with E-state index >= 15 is 0 Å². The third-order valence-corrected chi connectivity index (χ3v) is 4.28. The van der Waals surface area contributed by atoms with E-state index in [2.05, 4.69) is 6.92 Å². The highest BCUT2D eigenvalue weighted by Crippen LogP contribution is 2.36. The van der Waals surface area contributed by atoms with E-state index in [1.807, 2.05) is 0 Å². The van der Waals surface area contributed by atoms with Crippen LogP contribution in [0.2, 0.25) is 0 Å². The van der Waals surface area contributed by atoms with Gasteiger partial charge >= 0.3 is 11.9 Å². The van der Waals surface area contributed by atoms with Crippen molar-refractivity contribution in [3.8, 4) is 0 Å². The lowest BCUT2D eigenvalue weighted by Crippen LogP contribution is -2.17. The second kappa shape index (κ2) is 12.0. The largest absolute Gasteiger partial charge is 0.372 e.